The fourth-order valence-electron chi connectivity index (χ4n) is 2.67. The highest BCUT2D eigenvalue weighted by atomic mass is 16.4. The summed E-state index contributed by atoms with van der Waals surface area (Å²) in [5.74, 6) is -1.78. The molecule has 2 amide bonds. The van der Waals surface area contributed by atoms with Gasteiger partial charge in [-0.3, -0.25) is 14.6 Å². The minimum absolute atomic E-state index is 0.0890. The van der Waals surface area contributed by atoms with Crippen LogP contribution in [-0.2, 0) is 9.59 Å². The Kier molecular flexibility index (Phi) is 6.65. The summed E-state index contributed by atoms with van der Waals surface area (Å²) < 4.78 is 0. The summed E-state index contributed by atoms with van der Waals surface area (Å²) in [6.45, 7) is 4.79. The van der Waals surface area contributed by atoms with Crippen LogP contribution in [0.1, 0.15) is 29.9 Å². The third kappa shape index (κ3) is 5.13. The number of hydrogen-bond acceptors (Lipinski definition) is 4. The van der Waals surface area contributed by atoms with Crippen LogP contribution in [0.25, 0.3) is 11.3 Å². The second-order valence-corrected chi connectivity index (χ2v) is 6.19. The van der Waals surface area contributed by atoms with E-state index >= 15 is 0 Å². The number of carboxylic acid groups (broad SMARTS) is 1. The van der Waals surface area contributed by atoms with Crippen LogP contribution >= 0.6 is 0 Å². The van der Waals surface area contributed by atoms with Crippen LogP contribution in [0.2, 0.25) is 0 Å². The van der Waals surface area contributed by atoms with Crippen LogP contribution in [0.3, 0.4) is 0 Å². The maximum atomic E-state index is 12.9. The summed E-state index contributed by atoms with van der Waals surface area (Å²) in [5, 5.41) is 11.9. The molecule has 0 spiro atoms. The van der Waals surface area contributed by atoms with Gasteiger partial charge in [0.15, 0.2) is 0 Å². The summed E-state index contributed by atoms with van der Waals surface area (Å²) in [5.41, 5.74) is 2.52. The van der Waals surface area contributed by atoms with Crippen molar-refractivity contribution < 1.29 is 19.5 Å². The van der Waals surface area contributed by atoms with Gasteiger partial charge in [0.05, 0.1) is 17.0 Å². The molecule has 1 atom stereocenters. The zero-order valence-electron chi connectivity index (χ0n) is 15.6. The third-order valence-electron chi connectivity index (χ3n) is 4.20. The normalized spacial score (nSPS) is 11.5. The molecule has 0 saturated heterocycles. The first-order valence-electron chi connectivity index (χ1n) is 8.62. The van der Waals surface area contributed by atoms with Crippen LogP contribution in [0.5, 0.6) is 0 Å². The van der Waals surface area contributed by atoms with Gasteiger partial charge in [0.2, 0.25) is 5.91 Å². The lowest BCUT2D eigenvalue weighted by Crippen LogP contribution is -2.47. The molecular weight excluding hydrogens is 346 g/mol. The van der Waals surface area contributed by atoms with Crippen molar-refractivity contribution >= 4 is 17.8 Å². The largest absolute Gasteiger partial charge is 0.480 e. The smallest absolute Gasteiger partial charge is 0.326 e. The van der Waals surface area contributed by atoms with E-state index in [0.29, 0.717) is 11.3 Å². The molecule has 0 saturated carbocycles. The molecule has 0 aliphatic rings. The maximum Gasteiger partial charge on any atom is 0.326 e. The molecule has 1 heterocycles. The molecule has 0 fully saturated rings. The molecule has 142 valence electrons. The van der Waals surface area contributed by atoms with Crippen LogP contribution in [0.15, 0.2) is 42.5 Å². The van der Waals surface area contributed by atoms with Crippen molar-refractivity contribution in [3.8, 4) is 11.3 Å². The number of aliphatic carboxylic acids is 1. The standard InChI is InChI=1S/C20H23N3O4/c1-13-17(9-10-18(22-13)16-7-5-4-6-8-16)19(25)23(14(2)20(26)27)12-11-21-15(3)24/h4-10,14H,11-12H2,1-3H3,(H,21,24)(H,26,27). The highest BCUT2D eigenvalue weighted by Gasteiger charge is 2.27. The van der Waals surface area contributed by atoms with Crippen LogP contribution in [0.4, 0.5) is 0 Å². The number of rotatable bonds is 7. The summed E-state index contributed by atoms with van der Waals surface area (Å²) in [7, 11) is 0. The van der Waals surface area contributed by atoms with Gasteiger partial charge in [-0.15, -0.1) is 0 Å². The number of nitrogens with one attached hydrogen (secondary N) is 1. The zero-order chi connectivity index (χ0) is 20.0. The number of amides is 2. The van der Waals surface area contributed by atoms with Crippen molar-refractivity contribution in [3.05, 3.63) is 53.7 Å². The Bertz CT molecular complexity index is 836. The predicted molar refractivity (Wildman–Crippen MR) is 101 cm³/mol. The van der Waals surface area contributed by atoms with E-state index in [1.807, 2.05) is 30.3 Å². The number of aromatic nitrogens is 1. The summed E-state index contributed by atoms with van der Waals surface area (Å²) in [4.78, 5) is 41.1. The van der Waals surface area contributed by atoms with Crippen LogP contribution in [-0.4, -0.2) is 51.9 Å². The first-order chi connectivity index (χ1) is 12.8. The lowest BCUT2D eigenvalue weighted by Gasteiger charge is -2.27. The molecular formula is C20H23N3O4. The van der Waals surface area contributed by atoms with Crippen molar-refractivity contribution in [1.29, 1.82) is 0 Å². The number of nitrogens with zero attached hydrogens (tertiary/aromatic N) is 2. The van der Waals surface area contributed by atoms with Gasteiger partial charge in [-0.05, 0) is 26.0 Å². The van der Waals surface area contributed by atoms with Gasteiger partial charge < -0.3 is 15.3 Å². The predicted octanol–water partition coefficient (Wildman–Crippen LogP) is 2.11. The van der Waals surface area contributed by atoms with E-state index in [-0.39, 0.29) is 19.0 Å². The second-order valence-electron chi connectivity index (χ2n) is 6.19. The number of benzene rings is 1. The first-order valence-corrected chi connectivity index (χ1v) is 8.62. The van der Waals surface area contributed by atoms with Crippen molar-refractivity contribution in [3.63, 3.8) is 0 Å². The summed E-state index contributed by atoms with van der Waals surface area (Å²) in [6.07, 6.45) is 0. The molecule has 7 nitrogen and oxygen atoms in total. The van der Waals surface area contributed by atoms with Gasteiger partial charge in [-0.25, -0.2) is 4.79 Å². The quantitative estimate of drug-likeness (QED) is 0.779. The number of carbonyl (C=O) groups is 3. The Morgan fingerprint density at radius 1 is 1.15 bits per heavy atom. The molecule has 0 radical (unpaired) electrons. The van der Waals surface area contributed by atoms with E-state index in [1.165, 1.54) is 18.7 Å². The Labute approximate surface area is 158 Å². The number of aryl methyl sites for hydroxylation is 1. The summed E-state index contributed by atoms with van der Waals surface area (Å²) in [6, 6.07) is 12.0. The van der Waals surface area contributed by atoms with Gasteiger partial charge in [0.25, 0.3) is 5.91 Å². The van der Waals surface area contributed by atoms with Gasteiger partial charge in [-0.2, -0.15) is 0 Å². The van der Waals surface area contributed by atoms with E-state index in [2.05, 4.69) is 10.3 Å². The lowest BCUT2D eigenvalue weighted by atomic mass is 10.1. The Morgan fingerprint density at radius 2 is 1.81 bits per heavy atom. The lowest BCUT2D eigenvalue weighted by molar-refractivity contribution is -0.141. The molecule has 2 rings (SSSR count). The van der Waals surface area contributed by atoms with Gasteiger partial charge in [0, 0.05) is 25.6 Å². The van der Waals surface area contributed by atoms with Crippen molar-refractivity contribution in [2.45, 2.75) is 26.8 Å². The molecule has 2 N–H and O–H groups in total. The first kappa shape index (κ1) is 20.1. The number of hydrogen-bond donors (Lipinski definition) is 2. The third-order valence-corrected chi connectivity index (χ3v) is 4.20. The van der Waals surface area contributed by atoms with Crippen LogP contribution < -0.4 is 5.32 Å². The van der Waals surface area contributed by atoms with E-state index in [9.17, 15) is 19.5 Å². The minimum Gasteiger partial charge on any atom is -0.480 e. The van der Waals surface area contributed by atoms with Crippen molar-refractivity contribution in [2.75, 3.05) is 13.1 Å². The van der Waals surface area contributed by atoms with Crippen molar-refractivity contribution in [2.24, 2.45) is 0 Å². The van der Waals surface area contributed by atoms with E-state index in [0.717, 1.165) is 11.3 Å². The number of carboxylic acids is 1. The fraction of sp³-hybridized carbons (Fsp3) is 0.300. The average molecular weight is 369 g/mol. The van der Waals surface area contributed by atoms with Crippen molar-refractivity contribution in [1.82, 2.24) is 15.2 Å². The maximum absolute atomic E-state index is 12.9. The topological polar surface area (TPSA) is 99.6 Å². The monoisotopic (exact) mass is 369 g/mol. The highest BCUT2D eigenvalue weighted by molar-refractivity contribution is 5.97. The summed E-state index contributed by atoms with van der Waals surface area (Å²) >= 11 is 0. The van der Waals surface area contributed by atoms with E-state index in [1.54, 1.807) is 19.1 Å². The van der Waals surface area contributed by atoms with Gasteiger partial charge >= 0.3 is 5.97 Å². The average Bonchev–Trinajstić information content (AvgIpc) is 2.64. The van der Waals surface area contributed by atoms with Gasteiger partial charge in [-0.1, -0.05) is 30.3 Å². The molecule has 0 aliphatic heterocycles. The Hall–Kier alpha value is -3.22. The minimum atomic E-state index is -1.11. The molecule has 0 aliphatic carbocycles. The fourth-order valence-corrected chi connectivity index (χ4v) is 2.67. The Morgan fingerprint density at radius 3 is 2.37 bits per heavy atom. The molecule has 1 unspecified atom stereocenters. The highest BCUT2D eigenvalue weighted by Crippen LogP contribution is 2.20. The number of pyridine rings is 1. The SMILES string of the molecule is CC(=O)NCCN(C(=O)c1ccc(-c2ccccc2)nc1C)C(C)C(=O)O. The van der Waals surface area contributed by atoms with E-state index in [4.69, 9.17) is 0 Å². The van der Waals surface area contributed by atoms with Crippen LogP contribution in [0, 0.1) is 6.92 Å². The number of carbonyl (C=O) groups excluding carboxylic acids is 2. The molecule has 1 aromatic carbocycles. The second kappa shape index (κ2) is 8.93. The van der Waals surface area contributed by atoms with Gasteiger partial charge in [0.1, 0.15) is 6.04 Å². The van der Waals surface area contributed by atoms with E-state index < -0.39 is 17.9 Å². The molecule has 27 heavy (non-hydrogen) atoms. The molecule has 0 bridgehead atoms. The Balaban J connectivity index is 2.28. The zero-order valence-corrected chi connectivity index (χ0v) is 15.6. The molecule has 1 aromatic heterocycles. The molecule has 7 heteroatoms. The molecule has 2 aromatic rings.